The van der Waals surface area contributed by atoms with E-state index in [1.165, 1.54) is 29.3 Å². The zero-order chi connectivity index (χ0) is 24.3. The molecule has 1 aromatic carbocycles. The van der Waals surface area contributed by atoms with Crippen LogP contribution in [0.15, 0.2) is 59.6 Å². The van der Waals surface area contributed by atoms with Gasteiger partial charge in [-0.05, 0) is 28.9 Å². The number of hydrogen-bond acceptors (Lipinski definition) is 6. The van der Waals surface area contributed by atoms with Crippen LogP contribution in [-0.2, 0) is 12.7 Å². The number of anilines is 2. The number of rotatable bonds is 5. The van der Waals surface area contributed by atoms with Gasteiger partial charge in [0.05, 0.1) is 11.1 Å². The van der Waals surface area contributed by atoms with Crippen molar-refractivity contribution in [2.45, 2.75) is 12.7 Å². The number of halogens is 5. The quantitative estimate of drug-likeness (QED) is 0.294. The summed E-state index contributed by atoms with van der Waals surface area (Å²) in [5, 5.41) is 8.82. The number of carbonyl (C=O) groups excluding carboxylic acids is 1. The van der Waals surface area contributed by atoms with Crippen molar-refractivity contribution in [1.82, 2.24) is 20.2 Å². The molecule has 0 saturated heterocycles. The van der Waals surface area contributed by atoms with E-state index in [-0.39, 0.29) is 28.4 Å². The van der Waals surface area contributed by atoms with Crippen LogP contribution >= 0.6 is 23.2 Å². The van der Waals surface area contributed by atoms with Crippen LogP contribution in [0.2, 0.25) is 10.3 Å². The van der Waals surface area contributed by atoms with Gasteiger partial charge in [0.15, 0.2) is 0 Å². The number of nitrogens with one attached hydrogen (secondary N) is 2. The minimum atomic E-state index is -4.52. The van der Waals surface area contributed by atoms with E-state index in [4.69, 9.17) is 27.7 Å². The molecule has 2 N–H and O–H groups in total. The van der Waals surface area contributed by atoms with Gasteiger partial charge in [-0.1, -0.05) is 35.3 Å². The van der Waals surface area contributed by atoms with Gasteiger partial charge >= 0.3 is 18.1 Å². The first kappa shape index (κ1) is 23.4. The maximum absolute atomic E-state index is 12.8. The van der Waals surface area contributed by atoms with Crippen LogP contribution in [0.1, 0.15) is 11.3 Å². The Hall–Kier alpha value is -3.77. The second-order valence-electron chi connectivity index (χ2n) is 6.79. The largest absolute Gasteiger partial charge is 0.416 e. The lowest BCUT2D eigenvalue weighted by Gasteiger charge is -2.09. The molecule has 0 radical (unpaired) electrons. The van der Waals surface area contributed by atoms with Crippen molar-refractivity contribution in [3.8, 4) is 11.1 Å². The summed E-state index contributed by atoms with van der Waals surface area (Å²) in [6, 6.07) is 6.88. The predicted molar refractivity (Wildman–Crippen MR) is 115 cm³/mol. The lowest BCUT2D eigenvalue weighted by molar-refractivity contribution is -0.755. The number of hydrogen-bond donors (Lipinski definition) is 2. The van der Waals surface area contributed by atoms with Crippen molar-refractivity contribution in [3.63, 3.8) is 0 Å². The van der Waals surface area contributed by atoms with E-state index >= 15 is 0 Å². The van der Waals surface area contributed by atoms with Crippen molar-refractivity contribution < 1.29 is 27.2 Å². The van der Waals surface area contributed by atoms with Gasteiger partial charge in [0.25, 0.3) is 6.20 Å². The Morgan fingerprint density at radius 1 is 1.06 bits per heavy atom. The average Bonchev–Trinajstić information content (AvgIpc) is 3.21. The van der Waals surface area contributed by atoms with Crippen molar-refractivity contribution in [3.05, 3.63) is 76.7 Å². The van der Waals surface area contributed by atoms with Crippen molar-refractivity contribution in [2.75, 3.05) is 10.6 Å². The molecule has 0 atom stereocenters. The normalized spacial score (nSPS) is 11.3. The predicted octanol–water partition coefficient (Wildman–Crippen LogP) is 4.83. The van der Waals surface area contributed by atoms with Crippen LogP contribution in [0.5, 0.6) is 0 Å². The van der Waals surface area contributed by atoms with Gasteiger partial charge in [-0.3, -0.25) is 14.8 Å². The highest BCUT2D eigenvalue weighted by Crippen LogP contribution is 2.31. The second-order valence-corrected chi connectivity index (χ2v) is 7.51. The maximum Gasteiger partial charge on any atom is 0.416 e. The van der Waals surface area contributed by atoms with Gasteiger partial charge < -0.3 is 5.32 Å². The summed E-state index contributed by atoms with van der Waals surface area (Å²) < 4.78 is 44.8. The van der Waals surface area contributed by atoms with Crippen LogP contribution in [-0.4, -0.2) is 26.3 Å². The summed E-state index contributed by atoms with van der Waals surface area (Å²) in [5.41, 5.74) is 0.764. The van der Waals surface area contributed by atoms with Crippen LogP contribution in [0.3, 0.4) is 0 Å². The molecule has 174 valence electrons. The molecule has 34 heavy (non-hydrogen) atoms. The summed E-state index contributed by atoms with van der Waals surface area (Å²) in [5.74, 6) is -0.0268. The first-order valence-corrected chi connectivity index (χ1v) is 10.2. The number of carbonyl (C=O) groups is 1. The smallest absolute Gasteiger partial charge is 0.308 e. The van der Waals surface area contributed by atoms with E-state index < -0.39 is 17.8 Å². The lowest BCUT2D eigenvalue weighted by Crippen LogP contribution is -2.35. The summed E-state index contributed by atoms with van der Waals surface area (Å²) >= 11 is 12.2. The molecule has 0 aliphatic heterocycles. The van der Waals surface area contributed by atoms with Crippen molar-refractivity contribution in [1.29, 1.82) is 0 Å². The highest BCUT2D eigenvalue weighted by atomic mass is 35.5. The lowest BCUT2D eigenvalue weighted by atomic mass is 10.1. The third-order valence-electron chi connectivity index (χ3n) is 4.39. The molecular weight excluding hydrogens is 498 g/mol. The van der Waals surface area contributed by atoms with Crippen LogP contribution < -0.4 is 15.3 Å². The Morgan fingerprint density at radius 3 is 2.50 bits per heavy atom. The van der Waals surface area contributed by atoms with E-state index in [0.717, 1.165) is 12.1 Å². The van der Waals surface area contributed by atoms with E-state index in [1.807, 2.05) is 0 Å². The van der Waals surface area contributed by atoms with Crippen LogP contribution in [0, 0.1) is 0 Å². The average molecular weight is 511 g/mol. The topological polar surface area (TPSA) is 110 Å². The fourth-order valence-corrected chi connectivity index (χ4v) is 3.40. The summed E-state index contributed by atoms with van der Waals surface area (Å²) in [7, 11) is 0. The SMILES string of the molecule is O=C(Nc1cccc(C(F)(F)F)c1)Nc1c[n+](Cc2ccc(-c3c(Cl)ncnc3Cl)cn2)no1. The van der Waals surface area contributed by atoms with E-state index in [9.17, 15) is 18.0 Å². The molecule has 0 unspecified atom stereocenters. The van der Waals surface area contributed by atoms with Crippen LogP contribution in [0.25, 0.3) is 11.1 Å². The van der Waals surface area contributed by atoms with Crippen LogP contribution in [0.4, 0.5) is 29.5 Å². The summed E-state index contributed by atoms with van der Waals surface area (Å²) in [6.45, 7) is 0.202. The van der Waals surface area contributed by atoms with E-state index in [2.05, 4.69) is 30.9 Å². The minimum Gasteiger partial charge on any atom is -0.308 e. The fraction of sp³-hybridized carbons (Fsp3) is 0.100. The zero-order valence-corrected chi connectivity index (χ0v) is 18.4. The van der Waals surface area contributed by atoms with Gasteiger partial charge in [0, 0.05) is 17.4 Å². The Morgan fingerprint density at radius 2 is 1.82 bits per heavy atom. The molecule has 0 aliphatic rings. The number of alkyl halides is 3. The van der Waals surface area contributed by atoms with Crippen molar-refractivity contribution >= 4 is 40.8 Å². The maximum atomic E-state index is 12.8. The van der Waals surface area contributed by atoms with E-state index in [1.54, 1.807) is 18.3 Å². The Bertz CT molecular complexity index is 1310. The third-order valence-corrected chi connectivity index (χ3v) is 4.96. The van der Waals surface area contributed by atoms with Gasteiger partial charge in [-0.15, -0.1) is 0 Å². The molecule has 3 heterocycles. The molecule has 3 aromatic heterocycles. The van der Waals surface area contributed by atoms with Gasteiger partial charge in [-0.25, -0.2) is 14.8 Å². The number of amides is 2. The number of aromatic nitrogens is 5. The number of benzene rings is 1. The zero-order valence-electron chi connectivity index (χ0n) is 16.8. The Balaban J connectivity index is 1.38. The minimum absolute atomic E-state index is 0.0268. The first-order valence-electron chi connectivity index (χ1n) is 9.42. The second kappa shape index (κ2) is 9.61. The molecule has 14 heteroatoms. The molecule has 0 fully saturated rings. The van der Waals surface area contributed by atoms with Gasteiger partial charge in [0.2, 0.25) is 11.8 Å². The molecule has 0 bridgehead atoms. The van der Waals surface area contributed by atoms with Gasteiger partial charge in [0.1, 0.15) is 22.3 Å². The first-order chi connectivity index (χ1) is 16.2. The molecule has 4 aromatic rings. The van der Waals surface area contributed by atoms with Crippen molar-refractivity contribution in [2.24, 2.45) is 0 Å². The number of pyridine rings is 1. The van der Waals surface area contributed by atoms with Gasteiger partial charge in [-0.2, -0.15) is 13.2 Å². The van der Waals surface area contributed by atoms with E-state index in [0.29, 0.717) is 16.8 Å². The Labute approximate surface area is 199 Å². The number of urea groups is 1. The standard InChI is InChI=1S/C20H12Cl2F3N7O2/c21-17-16(18(22)28-10-27-17)11-4-5-14(26-7-11)8-32-9-15(34-31-32)30-19(33)29-13-3-1-2-12(6-13)20(23,24)25/h1-7,9-10H,8H2,(H-,29,30,31,33)/p+1. The number of nitrogens with zero attached hydrogens (tertiary/aromatic N) is 5. The Kier molecular flexibility index (Phi) is 6.61. The highest BCUT2D eigenvalue weighted by molar-refractivity contribution is 6.37. The monoisotopic (exact) mass is 510 g/mol. The molecule has 2 amide bonds. The highest BCUT2D eigenvalue weighted by Gasteiger charge is 2.30. The molecule has 0 aliphatic carbocycles. The molecule has 4 rings (SSSR count). The molecule has 0 spiro atoms. The third kappa shape index (κ3) is 5.58. The fourth-order valence-electron chi connectivity index (χ4n) is 2.87. The summed E-state index contributed by atoms with van der Waals surface area (Å²) in [6.07, 6.45) is -0.332. The molecular formula is C20H13Cl2F3N7O2+. The molecule has 0 saturated carbocycles. The summed E-state index contributed by atoms with van der Waals surface area (Å²) in [4.78, 5) is 24.2. The molecule has 9 nitrogen and oxygen atoms in total.